The van der Waals surface area contributed by atoms with E-state index in [4.69, 9.17) is 4.74 Å². The molecule has 16 heavy (non-hydrogen) atoms. The number of methoxy groups -OCH3 is 1. The van der Waals surface area contributed by atoms with E-state index in [0.29, 0.717) is 18.0 Å². The smallest absolute Gasteiger partial charge is 0.0618 e. The van der Waals surface area contributed by atoms with Crippen molar-refractivity contribution >= 4 is 0 Å². The van der Waals surface area contributed by atoms with E-state index < -0.39 is 0 Å². The minimum Gasteiger partial charge on any atom is -0.383 e. The highest BCUT2D eigenvalue weighted by Gasteiger charge is 2.16. The van der Waals surface area contributed by atoms with Crippen molar-refractivity contribution in [3.05, 3.63) is 35.9 Å². The fourth-order valence-corrected chi connectivity index (χ4v) is 1.77. The molecule has 0 heterocycles. The van der Waals surface area contributed by atoms with E-state index in [-0.39, 0.29) is 0 Å². The van der Waals surface area contributed by atoms with Crippen LogP contribution in [0.1, 0.15) is 32.4 Å². The van der Waals surface area contributed by atoms with E-state index in [1.54, 1.807) is 7.11 Å². The number of benzene rings is 1. The molecule has 0 unspecified atom stereocenters. The molecular weight excluding hydrogens is 198 g/mol. The quantitative estimate of drug-likeness (QED) is 0.797. The van der Waals surface area contributed by atoms with Gasteiger partial charge in [-0.1, -0.05) is 44.2 Å². The molecule has 0 saturated carbocycles. The average molecular weight is 221 g/mol. The predicted molar refractivity (Wildman–Crippen MR) is 68.5 cm³/mol. The summed E-state index contributed by atoms with van der Waals surface area (Å²) in [6.07, 6.45) is 0. The molecule has 2 nitrogen and oxygen atoms in total. The molecular formula is C14H23NO. The Balaban J connectivity index is 2.58. The van der Waals surface area contributed by atoms with Crippen LogP contribution < -0.4 is 5.32 Å². The Morgan fingerprint density at radius 2 is 1.75 bits per heavy atom. The highest BCUT2D eigenvalue weighted by molar-refractivity contribution is 5.18. The number of nitrogens with one attached hydrogen (secondary N) is 1. The first kappa shape index (κ1) is 13.2. The van der Waals surface area contributed by atoms with Crippen LogP contribution in [0.25, 0.3) is 0 Å². The van der Waals surface area contributed by atoms with Crippen LogP contribution in [0.15, 0.2) is 30.3 Å². The molecule has 0 aliphatic heterocycles. The lowest BCUT2D eigenvalue weighted by molar-refractivity contribution is 0.141. The van der Waals surface area contributed by atoms with Gasteiger partial charge in [0.05, 0.1) is 6.61 Å². The predicted octanol–water partition coefficient (Wildman–Crippen LogP) is 3.01. The zero-order valence-electron chi connectivity index (χ0n) is 10.7. The van der Waals surface area contributed by atoms with E-state index in [1.807, 2.05) is 6.07 Å². The molecule has 1 aromatic carbocycles. The van der Waals surface area contributed by atoms with Crippen LogP contribution in [0.5, 0.6) is 0 Å². The van der Waals surface area contributed by atoms with Gasteiger partial charge in [-0.3, -0.25) is 0 Å². The molecule has 90 valence electrons. The SMILES string of the molecule is COC[C@@H](N[C@@H](C)c1ccccc1)C(C)C. The Labute approximate surface area is 99.0 Å². The van der Waals surface area contributed by atoms with Gasteiger partial charge in [-0.05, 0) is 18.4 Å². The maximum absolute atomic E-state index is 5.24. The standard InChI is InChI=1S/C14H23NO/c1-11(2)14(10-16-4)15-12(3)13-8-6-5-7-9-13/h5-9,11-12,14-15H,10H2,1-4H3/t12-,14+/m0/s1. The monoisotopic (exact) mass is 221 g/mol. The average Bonchev–Trinajstić information content (AvgIpc) is 2.29. The van der Waals surface area contributed by atoms with E-state index in [9.17, 15) is 0 Å². The first-order valence-corrected chi connectivity index (χ1v) is 5.95. The molecule has 1 rings (SSSR count). The Hall–Kier alpha value is -0.860. The highest BCUT2D eigenvalue weighted by atomic mass is 16.5. The van der Waals surface area contributed by atoms with Crippen LogP contribution in [-0.4, -0.2) is 19.8 Å². The largest absolute Gasteiger partial charge is 0.383 e. The van der Waals surface area contributed by atoms with Crippen molar-refractivity contribution in [2.45, 2.75) is 32.9 Å². The molecule has 0 aromatic heterocycles. The summed E-state index contributed by atoms with van der Waals surface area (Å²) < 4.78 is 5.24. The van der Waals surface area contributed by atoms with Crippen LogP contribution in [0.2, 0.25) is 0 Å². The van der Waals surface area contributed by atoms with Crippen LogP contribution in [0.3, 0.4) is 0 Å². The minimum absolute atomic E-state index is 0.365. The molecule has 1 N–H and O–H groups in total. The summed E-state index contributed by atoms with van der Waals surface area (Å²) in [5.74, 6) is 0.575. The lowest BCUT2D eigenvalue weighted by Gasteiger charge is -2.26. The van der Waals surface area contributed by atoms with Crippen molar-refractivity contribution in [2.75, 3.05) is 13.7 Å². The summed E-state index contributed by atoms with van der Waals surface area (Å²) in [7, 11) is 1.75. The van der Waals surface area contributed by atoms with Crippen molar-refractivity contribution in [2.24, 2.45) is 5.92 Å². The van der Waals surface area contributed by atoms with Crippen molar-refractivity contribution in [3.63, 3.8) is 0 Å². The second kappa shape index (κ2) is 6.66. The van der Waals surface area contributed by atoms with E-state index in [0.717, 1.165) is 6.61 Å². The number of hydrogen-bond acceptors (Lipinski definition) is 2. The van der Waals surface area contributed by atoms with Gasteiger partial charge in [0.15, 0.2) is 0 Å². The second-order valence-corrected chi connectivity index (χ2v) is 4.60. The van der Waals surface area contributed by atoms with Crippen molar-refractivity contribution in [1.29, 1.82) is 0 Å². The molecule has 2 atom stereocenters. The Kier molecular flexibility index (Phi) is 5.50. The van der Waals surface area contributed by atoms with Crippen molar-refractivity contribution < 1.29 is 4.74 Å². The summed E-state index contributed by atoms with van der Waals surface area (Å²) in [4.78, 5) is 0. The minimum atomic E-state index is 0.365. The van der Waals surface area contributed by atoms with Gasteiger partial charge in [0, 0.05) is 19.2 Å². The van der Waals surface area contributed by atoms with Crippen LogP contribution in [0, 0.1) is 5.92 Å². The maximum atomic E-state index is 5.24. The van der Waals surface area contributed by atoms with Crippen LogP contribution >= 0.6 is 0 Å². The molecule has 0 aliphatic rings. The first-order valence-electron chi connectivity index (χ1n) is 5.95. The third-order valence-corrected chi connectivity index (χ3v) is 2.91. The number of ether oxygens (including phenoxy) is 1. The van der Waals surface area contributed by atoms with Gasteiger partial charge in [0.25, 0.3) is 0 Å². The van der Waals surface area contributed by atoms with Gasteiger partial charge >= 0.3 is 0 Å². The zero-order chi connectivity index (χ0) is 12.0. The highest BCUT2D eigenvalue weighted by Crippen LogP contribution is 2.14. The van der Waals surface area contributed by atoms with Gasteiger partial charge in [0.2, 0.25) is 0 Å². The molecule has 1 aromatic rings. The van der Waals surface area contributed by atoms with Crippen molar-refractivity contribution in [3.8, 4) is 0 Å². The normalized spacial score (nSPS) is 15.1. The van der Waals surface area contributed by atoms with Crippen molar-refractivity contribution in [1.82, 2.24) is 5.32 Å². The first-order chi connectivity index (χ1) is 7.65. The fraction of sp³-hybridized carbons (Fsp3) is 0.571. The molecule has 0 spiro atoms. The van der Waals surface area contributed by atoms with Gasteiger partial charge in [-0.25, -0.2) is 0 Å². The zero-order valence-corrected chi connectivity index (χ0v) is 10.7. The van der Waals surface area contributed by atoms with Gasteiger partial charge in [0.1, 0.15) is 0 Å². The summed E-state index contributed by atoms with van der Waals surface area (Å²) >= 11 is 0. The Morgan fingerprint density at radius 3 is 2.25 bits per heavy atom. The Morgan fingerprint density at radius 1 is 1.12 bits per heavy atom. The molecule has 0 radical (unpaired) electrons. The topological polar surface area (TPSA) is 21.3 Å². The molecule has 0 amide bonds. The van der Waals surface area contributed by atoms with Gasteiger partial charge in [-0.2, -0.15) is 0 Å². The maximum Gasteiger partial charge on any atom is 0.0618 e. The van der Waals surface area contributed by atoms with Crippen LogP contribution in [0.4, 0.5) is 0 Å². The molecule has 2 heteroatoms. The lowest BCUT2D eigenvalue weighted by atomic mass is 10.0. The van der Waals surface area contributed by atoms with Gasteiger partial charge in [-0.15, -0.1) is 0 Å². The number of rotatable bonds is 6. The summed E-state index contributed by atoms with van der Waals surface area (Å²) in [6, 6.07) is 11.3. The van der Waals surface area contributed by atoms with Gasteiger partial charge < -0.3 is 10.1 Å². The van der Waals surface area contributed by atoms with E-state index >= 15 is 0 Å². The van der Waals surface area contributed by atoms with E-state index in [1.165, 1.54) is 5.56 Å². The van der Waals surface area contributed by atoms with E-state index in [2.05, 4.69) is 50.4 Å². The van der Waals surface area contributed by atoms with Crippen LogP contribution in [-0.2, 0) is 4.74 Å². The molecule has 0 fully saturated rings. The Bertz CT molecular complexity index is 284. The second-order valence-electron chi connectivity index (χ2n) is 4.60. The number of hydrogen-bond donors (Lipinski definition) is 1. The fourth-order valence-electron chi connectivity index (χ4n) is 1.77. The third kappa shape index (κ3) is 3.95. The molecule has 0 aliphatic carbocycles. The summed E-state index contributed by atoms with van der Waals surface area (Å²) in [5, 5.41) is 3.61. The third-order valence-electron chi connectivity index (χ3n) is 2.91. The lowest BCUT2D eigenvalue weighted by Crippen LogP contribution is -2.39. The molecule has 0 saturated heterocycles. The summed E-state index contributed by atoms with van der Waals surface area (Å²) in [6.45, 7) is 7.39. The summed E-state index contributed by atoms with van der Waals surface area (Å²) in [5.41, 5.74) is 1.32. The molecule has 0 bridgehead atoms.